The Hall–Kier alpha value is -1.35. The second kappa shape index (κ2) is 10.4. The second-order valence-electron chi connectivity index (χ2n) is 9.59. The highest BCUT2D eigenvalue weighted by molar-refractivity contribution is 5.79. The smallest absolute Gasteiger partial charge is 0.109 e. The van der Waals surface area contributed by atoms with Gasteiger partial charge in [-0.1, -0.05) is 46.2 Å². The summed E-state index contributed by atoms with van der Waals surface area (Å²) >= 11 is 0. The van der Waals surface area contributed by atoms with Crippen molar-refractivity contribution < 1.29 is 0 Å². The van der Waals surface area contributed by atoms with Crippen molar-refractivity contribution in [2.24, 2.45) is 11.8 Å². The summed E-state index contributed by atoms with van der Waals surface area (Å²) < 4.78 is 2.54. The van der Waals surface area contributed by atoms with Crippen LogP contribution in [0.1, 0.15) is 77.6 Å². The number of para-hydroxylation sites is 1. The van der Waals surface area contributed by atoms with E-state index >= 15 is 0 Å². The summed E-state index contributed by atoms with van der Waals surface area (Å²) in [6.45, 7) is 14.2. The van der Waals surface area contributed by atoms with Gasteiger partial charge in [-0.3, -0.25) is 0 Å². The molecule has 1 aliphatic rings. The van der Waals surface area contributed by atoms with Crippen LogP contribution < -0.4 is 0 Å². The fourth-order valence-corrected chi connectivity index (χ4v) is 4.39. The summed E-state index contributed by atoms with van der Waals surface area (Å²) in [6, 6.07) is 6.83. The lowest BCUT2D eigenvalue weighted by molar-refractivity contribution is 0.223. The molecule has 1 aliphatic heterocycles. The van der Waals surface area contributed by atoms with E-state index < -0.39 is 0 Å². The summed E-state index contributed by atoms with van der Waals surface area (Å²) in [7, 11) is 0. The number of fused-ring (bicyclic) bond motifs is 1. The molecule has 0 saturated carbocycles. The Morgan fingerprint density at radius 3 is 2.32 bits per heavy atom. The van der Waals surface area contributed by atoms with Gasteiger partial charge >= 0.3 is 0 Å². The maximum absolute atomic E-state index is 5.18. The molecule has 0 N–H and O–H groups in total. The zero-order valence-corrected chi connectivity index (χ0v) is 18.7. The van der Waals surface area contributed by atoms with E-state index in [2.05, 4.69) is 55.4 Å². The molecule has 1 fully saturated rings. The summed E-state index contributed by atoms with van der Waals surface area (Å²) in [5.41, 5.74) is 4.06. The van der Waals surface area contributed by atoms with Gasteiger partial charge in [0, 0.05) is 13.0 Å². The molecule has 1 saturated heterocycles. The molecule has 156 valence electrons. The van der Waals surface area contributed by atoms with Crippen molar-refractivity contribution in [2.45, 2.75) is 85.6 Å². The third-order valence-electron chi connectivity index (χ3n) is 6.18. The van der Waals surface area contributed by atoms with E-state index in [9.17, 15) is 0 Å². The van der Waals surface area contributed by atoms with E-state index in [1.54, 1.807) is 0 Å². The Kier molecular flexibility index (Phi) is 7.96. The summed E-state index contributed by atoms with van der Waals surface area (Å²) in [5, 5.41) is 0. The quantitative estimate of drug-likeness (QED) is 0.495. The lowest BCUT2D eigenvalue weighted by atomic mass is 10.0. The normalized spacial score (nSPS) is 15.9. The number of aromatic nitrogens is 2. The van der Waals surface area contributed by atoms with Crippen molar-refractivity contribution in [1.82, 2.24) is 14.5 Å². The number of imidazole rings is 1. The Morgan fingerprint density at radius 1 is 0.893 bits per heavy atom. The van der Waals surface area contributed by atoms with Crippen molar-refractivity contribution in [3.63, 3.8) is 0 Å². The average Bonchev–Trinajstić information content (AvgIpc) is 3.04. The zero-order chi connectivity index (χ0) is 19.9. The van der Waals surface area contributed by atoms with Gasteiger partial charge in [0.15, 0.2) is 0 Å². The van der Waals surface area contributed by atoms with Crippen LogP contribution in [-0.4, -0.2) is 34.1 Å². The minimum atomic E-state index is 0.724. The van der Waals surface area contributed by atoms with E-state index in [1.165, 1.54) is 80.6 Å². The molecule has 0 unspecified atom stereocenters. The Balaban J connectivity index is 1.78. The van der Waals surface area contributed by atoms with Crippen LogP contribution in [0.2, 0.25) is 0 Å². The molecule has 0 bridgehead atoms. The molecule has 3 nitrogen and oxygen atoms in total. The fourth-order valence-electron chi connectivity index (χ4n) is 4.39. The highest BCUT2D eigenvalue weighted by Crippen LogP contribution is 2.24. The van der Waals surface area contributed by atoms with Crippen LogP contribution in [-0.2, 0) is 19.4 Å². The number of aryl methyl sites for hydroxylation is 3. The molecular weight excluding hydrogens is 342 g/mol. The first-order chi connectivity index (χ1) is 13.5. The SMILES string of the molecule is CC(C)CCc1cccc2c1nc(CCC(C)C)n2CCCN1CCCCC1. The van der Waals surface area contributed by atoms with E-state index in [-0.39, 0.29) is 0 Å². The van der Waals surface area contributed by atoms with Gasteiger partial charge in [0.2, 0.25) is 0 Å². The van der Waals surface area contributed by atoms with Gasteiger partial charge in [-0.25, -0.2) is 4.98 Å². The van der Waals surface area contributed by atoms with Gasteiger partial charge in [-0.05, 0) is 81.6 Å². The van der Waals surface area contributed by atoms with E-state index in [4.69, 9.17) is 4.98 Å². The van der Waals surface area contributed by atoms with Crippen LogP contribution >= 0.6 is 0 Å². The number of benzene rings is 1. The minimum Gasteiger partial charge on any atom is -0.328 e. The number of likely N-dealkylation sites (tertiary alicyclic amines) is 1. The molecule has 2 heterocycles. The van der Waals surface area contributed by atoms with Gasteiger partial charge in [0.25, 0.3) is 0 Å². The van der Waals surface area contributed by atoms with E-state index in [0.717, 1.165) is 31.2 Å². The largest absolute Gasteiger partial charge is 0.328 e. The topological polar surface area (TPSA) is 21.1 Å². The van der Waals surface area contributed by atoms with Crippen molar-refractivity contribution in [2.75, 3.05) is 19.6 Å². The predicted molar refractivity (Wildman–Crippen MR) is 121 cm³/mol. The van der Waals surface area contributed by atoms with Crippen molar-refractivity contribution in [3.8, 4) is 0 Å². The fraction of sp³-hybridized carbons (Fsp3) is 0.720. The number of piperidine rings is 1. The van der Waals surface area contributed by atoms with Crippen LogP contribution in [0, 0.1) is 11.8 Å². The average molecular weight is 384 g/mol. The molecule has 0 spiro atoms. The van der Waals surface area contributed by atoms with Gasteiger partial charge < -0.3 is 9.47 Å². The lowest BCUT2D eigenvalue weighted by Gasteiger charge is -2.26. The molecular formula is C25H41N3. The molecule has 3 rings (SSSR count). The Labute approximate surface area is 172 Å². The van der Waals surface area contributed by atoms with Crippen molar-refractivity contribution >= 4 is 11.0 Å². The number of nitrogens with zero attached hydrogens (tertiary/aromatic N) is 3. The van der Waals surface area contributed by atoms with Crippen LogP contribution in [0.15, 0.2) is 18.2 Å². The van der Waals surface area contributed by atoms with E-state index in [1.807, 2.05) is 0 Å². The first-order valence-corrected chi connectivity index (χ1v) is 11.7. The molecule has 0 amide bonds. The molecule has 28 heavy (non-hydrogen) atoms. The van der Waals surface area contributed by atoms with Gasteiger partial charge in [-0.15, -0.1) is 0 Å². The van der Waals surface area contributed by atoms with Gasteiger partial charge in [0.1, 0.15) is 5.82 Å². The third kappa shape index (κ3) is 5.83. The Morgan fingerprint density at radius 2 is 1.61 bits per heavy atom. The third-order valence-corrected chi connectivity index (χ3v) is 6.18. The van der Waals surface area contributed by atoms with E-state index in [0.29, 0.717) is 0 Å². The van der Waals surface area contributed by atoms with Crippen molar-refractivity contribution in [3.05, 3.63) is 29.6 Å². The number of hydrogen-bond acceptors (Lipinski definition) is 2. The first kappa shape index (κ1) is 21.4. The standard InChI is InChI=1S/C25H41N3/c1-20(2)12-14-22-10-8-11-23-25(22)26-24(15-13-21(3)4)28(23)19-9-18-27-16-6-5-7-17-27/h8,10-11,20-21H,5-7,9,12-19H2,1-4H3. The molecule has 1 aromatic carbocycles. The summed E-state index contributed by atoms with van der Waals surface area (Å²) in [6.07, 6.45) is 10.1. The monoisotopic (exact) mass is 383 g/mol. The predicted octanol–water partition coefficient (Wildman–Crippen LogP) is 6.09. The Bertz CT molecular complexity index is 723. The zero-order valence-electron chi connectivity index (χ0n) is 18.7. The maximum Gasteiger partial charge on any atom is 0.109 e. The summed E-state index contributed by atoms with van der Waals surface area (Å²) in [4.78, 5) is 7.83. The minimum absolute atomic E-state index is 0.724. The second-order valence-corrected chi connectivity index (χ2v) is 9.59. The van der Waals surface area contributed by atoms with Crippen LogP contribution in [0.5, 0.6) is 0 Å². The van der Waals surface area contributed by atoms with Crippen LogP contribution in [0.4, 0.5) is 0 Å². The van der Waals surface area contributed by atoms with Gasteiger partial charge in [-0.2, -0.15) is 0 Å². The molecule has 3 heteroatoms. The number of rotatable bonds is 10. The molecule has 0 atom stereocenters. The lowest BCUT2D eigenvalue weighted by Crippen LogP contribution is -2.31. The highest BCUT2D eigenvalue weighted by atomic mass is 15.1. The molecule has 0 aliphatic carbocycles. The van der Waals surface area contributed by atoms with Crippen molar-refractivity contribution in [1.29, 1.82) is 0 Å². The summed E-state index contributed by atoms with van der Waals surface area (Å²) in [5.74, 6) is 2.77. The molecule has 1 aromatic heterocycles. The number of hydrogen-bond donors (Lipinski definition) is 0. The highest BCUT2D eigenvalue weighted by Gasteiger charge is 2.15. The van der Waals surface area contributed by atoms with Gasteiger partial charge in [0.05, 0.1) is 11.0 Å². The first-order valence-electron chi connectivity index (χ1n) is 11.7. The molecule has 0 radical (unpaired) electrons. The molecule has 2 aromatic rings. The maximum atomic E-state index is 5.18. The van der Waals surface area contributed by atoms with Crippen LogP contribution in [0.3, 0.4) is 0 Å². The van der Waals surface area contributed by atoms with Crippen LogP contribution in [0.25, 0.3) is 11.0 Å².